The van der Waals surface area contributed by atoms with Gasteiger partial charge in [-0.25, -0.2) is 4.39 Å². The zero-order valence-electron chi connectivity index (χ0n) is 33.8. The number of ether oxygens (including phenoxy) is 1. The van der Waals surface area contributed by atoms with Crippen molar-refractivity contribution in [2.75, 3.05) is 45.2 Å². The first-order valence-electron chi connectivity index (χ1n) is 19.2. The second-order valence-electron chi connectivity index (χ2n) is 15.0. The summed E-state index contributed by atoms with van der Waals surface area (Å²) in [5.74, 6) is -4.70. The van der Waals surface area contributed by atoms with Gasteiger partial charge in [-0.3, -0.25) is 24.0 Å². The number of nitrogens with one attached hydrogen (secondary N) is 2. The second kappa shape index (κ2) is 23.5. The number of allylic oxidation sites excluding steroid dienone is 1. The lowest BCUT2D eigenvalue weighted by Gasteiger charge is -2.41. The lowest BCUT2D eigenvalue weighted by atomic mass is 9.82. The zero-order chi connectivity index (χ0) is 43.7. The van der Waals surface area contributed by atoms with E-state index in [2.05, 4.69) is 17.2 Å². The van der Waals surface area contributed by atoms with Crippen molar-refractivity contribution in [2.45, 2.75) is 70.0 Å². The predicted molar refractivity (Wildman–Crippen MR) is 224 cm³/mol. The molecule has 15 nitrogen and oxygen atoms in total. The molecule has 59 heavy (non-hydrogen) atoms. The maximum Gasteiger partial charge on any atom is 0.321 e. The molecule has 1 aromatic heterocycles. The van der Waals surface area contributed by atoms with Crippen LogP contribution in [0.2, 0.25) is 0 Å². The van der Waals surface area contributed by atoms with E-state index in [0.29, 0.717) is 18.5 Å². The number of carboxylic acids is 2. The highest BCUT2D eigenvalue weighted by molar-refractivity contribution is 8.00. The van der Waals surface area contributed by atoms with E-state index in [9.17, 15) is 38.6 Å². The molecule has 3 amide bonds. The summed E-state index contributed by atoms with van der Waals surface area (Å²) in [6.07, 6.45) is 3.89. The van der Waals surface area contributed by atoms with Gasteiger partial charge in [0.25, 0.3) is 0 Å². The fourth-order valence-corrected chi connectivity index (χ4v) is 7.43. The van der Waals surface area contributed by atoms with Crippen molar-refractivity contribution in [3.63, 3.8) is 0 Å². The standard InChI is InChI=1S/C42H57FN6O9S/c1-5-9-28-12-13-30(43)21-31(28)29-20-34(48(24-29)23-27-10-7-6-8-11-27)38(42(2,3)4)49(37(52)25-50)17-14-32(44)39(53)47-16-19-58-18-15-46-36(51)22-35(41(56)57)59-26-33(45)40(54)55/h5-8,10-13,20-21,24,32-33,35,38,50H,1,9,14-19,22-23,25-26,44-45H2,2-4H3,(H,46,51)(H,47,53)(H,54,55)(H,56,57)/t32-,33-,35?,38-/m0/s1. The lowest BCUT2D eigenvalue weighted by molar-refractivity contribution is -0.140. The Bertz CT molecular complexity index is 1890. The van der Waals surface area contributed by atoms with Gasteiger partial charge >= 0.3 is 11.9 Å². The number of halogens is 1. The number of thioether (sulfide) groups is 1. The van der Waals surface area contributed by atoms with Crippen molar-refractivity contribution in [1.82, 2.24) is 20.1 Å². The van der Waals surface area contributed by atoms with Crippen molar-refractivity contribution in [3.8, 4) is 11.1 Å². The van der Waals surface area contributed by atoms with E-state index in [1.807, 2.05) is 67.9 Å². The van der Waals surface area contributed by atoms with Crippen LogP contribution < -0.4 is 22.1 Å². The summed E-state index contributed by atoms with van der Waals surface area (Å²) in [6, 6.07) is 13.5. The highest BCUT2D eigenvalue weighted by Crippen LogP contribution is 2.41. The maximum atomic E-state index is 14.7. The van der Waals surface area contributed by atoms with Crippen LogP contribution in [0.3, 0.4) is 0 Å². The van der Waals surface area contributed by atoms with E-state index >= 15 is 0 Å². The Balaban J connectivity index is 1.66. The average molecular weight is 841 g/mol. The quantitative estimate of drug-likeness (QED) is 0.0482. The SMILES string of the molecule is C=CCc1ccc(F)cc1-c1cc([C@H](N(CC[C@H](N)C(=O)NCCOCCNC(=O)CC(SC[C@H](N)C(=O)O)C(=O)O)C(=O)CO)C(C)(C)C)n(Cc2ccccc2)c1. The number of nitrogens with zero attached hydrogens (tertiary/aromatic N) is 2. The number of carbonyl (C=O) groups excluding carboxylic acids is 3. The Hall–Kier alpha value is -5.07. The van der Waals surface area contributed by atoms with Gasteiger partial charge in [0, 0.05) is 55.8 Å². The largest absolute Gasteiger partial charge is 0.480 e. The molecular formula is C42H57FN6O9S. The first-order chi connectivity index (χ1) is 28.0. The normalized spacial score (nSPS) is 13.5. The van der Waals surface area contributed by atoms with Crippen molar-refractivity contribution in [2.24, 2.45) is 16.9 Å². The molecule has 0 fully saturated rings. The summed E-state index contributed by atoms with van der Waals surface area (Å²) in [5.41, 5.74) is 15.2. The Morgan fingerprint density at radius 2 is 1.66 bits per heavy atom. The molecule has 0 aliphatic carbocycles. The topological polar surface area (TPSA) is 240 Å². The molecule has 17 heteroatoms. The number of nitrogens with two attached hydrogens (primary N) is 2. The summed E-state index contributed by atoms with van der Waals surface area (Å²) in [6.45, 7) is 9.81. The first-order valence-corrected chi connectivity index (χ1v) is 20.3. The van der Waals surface area contributed by atoms with E-state index in [1.54, 1.807) is 17.0 Å². The minimum Gasteiger partial charge on any atom is -0.480 e. The maximum absolute atomic E-state index is 14.7. The van der Waals surface area contributed by atoms with E-state index in [0.717, 1.165) is 34.1 Å². The van der Waals surface area contributed by atoms with Crippen LogP contribution in [-0.2, 0) is 41.7 Å². The number of rotatable bonds is 25. The van der Waals surface area contributed by atoms with Gasteiger partial charge in [-0.1, -0.05) is 63.2 Å². The average Bonchev–Trinajstić information content (AvgIpc) is 3.59. The molecule has 0 radical (unpaired) electrons. The molecule has 3 rings (SSSR count). The summed E-state index contributed by atoms with van der Waals surface area (Å²) in [4.78, 5) is 62.7. The number of aliphatic carboxylic acids is 2. The number of hydrogen-bond donors (Lipinski definition) is 7. The van der Waals surface area contributed by atoms with E-state index < -0.39 is 65.1 Å². The molecule has 0 saturated carbocycles. The van der Waals surface area contributed by atoms with Crippen LogP contribution >= 0.6 is 11.8 Å². The fourth-order valence-electron chi connectivity index (χ4n) is 6.43. The van der Waals surface area contributed by atoms with Gasteiger partial charge < -0.3 is 51.6 Å². The number of aliphatic hydroxyl groups is 1. The zero-order valence-corrected chi connectivity index (χ0v) is 34.6. The number of amides is 3. The number of aromatic nitrogens is 1. The minimum absolute atomic E-state index is 0.0350. The molecule has 0 aliphatic rings. The van der Waals surface area contributed by atoms with Gasteiger partial charge in [-0.2, -0.15) is 0 Å². The summed E-state index contributed by atoms with van der Waals surface area (Å²) in [5, 5.41) is 32.5. The number of aliphatic hydroxyl groups excluding tert-OH is 1. The van der Waals surface area contributed by atoms with Crippen LogP contribution in [0.1, 0.15) is 56.5 Å². The van der Waals surface area contributed by atoms with Gasteiger partial charge in [0.2, 0.25) is 17.7 Å². The van der Waals surface area contributed by atoms with E-state index in [1.165, 1.54) is 12.1 Å². The van der Waals surface area contributed by atoms with Crippen molar-refractivity contribution >= 4 is 41.4 Å². The fraction of sp³-hybridized carbons (Fsp3) is 0.452. The highest BCUT2D eigenvalue weighted by Gasteiger charge is 2.37. The first kappa shape index (κ1) is 48.3. The van der Waals surface area contributed by atoms with Gasteiger partial charge in [-0.15, -0.1) is 18.3 Å². The molecule has 0 saturated heterocycles. The smallest absolute Gasteiger partial charge is 0.321 e. The molecule has 0 aliphatic heterocycles. The molecule has 3 aromatic rings. The van der Waals surface area contributed by atoms with E-state index in [4.69, 9.17) is 21.3 Å². The third-order valence-electron chi connectivity index (χ3n) is 9.31. The Labute approximate surface area is 348 Å². The molecule has 1 heterocycles. The van der Waals surface area contributed by atoms with E-state index in [-0.39, 0.29) is 57.3 Å². The predicted octanol–water partition coefficient (Wildman–Crippen LogP) is 2.93. The van der Waals surface area contributed by atoms with Crippen molar-refractivity contribution < 1.29 is 48.4 Å². The molecule has 9 N–H and O–H groups in total. The summed E-state index contributed by atoms with van der Waals surface area (Å²) in [7, 11) is 0. The molecule has 0 bridgehead atoms. The van der Waals surface area contributed by atoms with Gasteiger partial charge in [0.05, 0.1) is 25.3 Å². The molecule has 0 spiro atoms. The molecule has 322 valence electrons. The third-order valence-corrected chi connectivity index (χ3v) is 10.6. The minimum atomic E-state index is -1.27. The lowest BCUT2D eigenvalue weighted by Crippen LogP contribution is -2.48. The van der Waals surface area contributed by atoms with Gasteiger partial charge in [0.15, 0.2) is 0 Å². The number of carbonyl (C=O) groups is 5. The van der Waals surface area contributed by atoms with Crippen LogP contribution in [0.15, 0.2) is 73.4 Å². The molecular weight excluding hydrogens is 784 g/mol. The monoisotopic (exact) mass is 840 g/mol. The van der Waals surface area contributed by atoms with Gasteiger partial charge in [-0.05, 0) is 53.1 Å². The van der Waals surface area contributed by atoms with Gasteiger partial charge in [0.1, 0.15) is 23.7 Å². The van der Waals surface area contributed by atoms with Crippen LogP contribution in [0, 0.1) is 11.2 Å². The Morgan fingerprint density at radius 1 is 0.983 bits per heavy atom. The Morgan fingerprint density at radius 3 is 2.27 bits per heavy atom. The highest BCUT2D eigenvalue weighted by atomic mass is 32.2. The van der Waals surface area contributed by atoms with Crippen LogP contribution in [0.5, 0.6) is 0 Å². The molecule has 1 unspecified atom stereocenters. The number of carboxylic acid groups (broad SMARTS) is 2. The molecule has 2 aromatic carbocycles. The third kappa shape index (κ3) is 15.2. The Kier molecular flexibility index (Phi) is 19.2. The number of hydrogen-bond acceptors (Lipinski definition) is 10. The van der Waals surface area contributed by atoms with Crippen LogP contribution in [-0.4, -0.2) is 117 Å². The van der Waals surface area contributed by atoms with Crippen molar-refractivity contribution in [3.05, 3.63) is 96.1 Å². The summed E-state index contributed by atoms with van der Waals surface area (Å²) < 4.78 is 22.2. The van der Waals surface area contributed by atoms with Crippen LogP contribution in [0.25, 0.3) is 11.1 Å². The van der Waals surface area contributed by atoms with Crippen LogP contribution in [0.4, 0.5) is 4.39 Å². The summed E-state index contributed by atoms with van der Waals surface area (Å²) >= 11 is 0.768. The molecule has 4 atom stereocenters. The second-order valence-corrected chi connectivity index (χ2v) is 16.3. The number of benzene rings is 2. The van der Waals surface area contributed by atoms with Crippen molar-refractivity contribution in [1.29, 1.82) is 0 Å².